The average molecular weight is 473 g/mol. The molecule has 2 heterocycles. The molecule has 2 aliphatic rings. The number of piperazine rings is 2. The van der Waals surface area contributed by atoms with E-state index in [1.807, 2.05) is 19.2 Å². The fraction of sp³-hybridized carbons (Fsp3) is 0.520. The Morgan fingerprint density at radius 2 is 1.61 bits per heavy atom. The summed E-state index contributed by atoms with van der Waals surface area (Å²) >= 11 is 0. The van der Waals surface area contributed by atoms with E-state index in [1.54, 1.807) is 16.4 Å². The van der Waals surface area contributed by atoms with Crippen LogP contribution in [-0.4, -0.2) is 95.1 Å². The zero-order valence-corrected chi connectivity index (χ0v) is 20.6. The molecule has 2 aromatic carbocycles. The van der Waals surface area contributed by atoms with Crippen molar-refractivity contribution in [3.8, 4) is 0 Å². The highest BCUT2D eigenvalue weighted by Gasteiger charge is 2.27. The minimum absolute atomic E-state index is 0.362. The van der Waals surface area contributed by atoms with Gasteiger partial charge in [0.15, 0.2) is 0 Å². The summed E-state index contributed by atoms with van der Waals surface area (Å²) in [6, 6.07) is 15.9. The van der Waals surface area contributed by atoms with Crippen molar-refractivity contribution in [2.75, 3.05) is 77.5 Å². The van der Waals surface area contributed by atoms with Crippen LogP contribution in [0.15, 0.2) is 53.4 Å². The van der Waals surface area contributed by atoms with Gasteiger partial charge in [-0.15, -0.1) is 0 Å². The number of sulfonamides is 1. The number of benzene rings is 2. The topological polar surface area (TPSA) is 56.3 Å². The van der Waals surface area contributed by atoms with Crippen LogP contribution in [0.5, 0.6) is 0 Å². The number of nitrogens with zero attached hydrogens (tertiary/aromatic N) is 4. The van der Waals surface area contributed by atoms with Crippen LogP contribution in [0.3, 0.4) is 0 Å². The standard InChI is InChI=1S/C25H36N4O3S/c1-22-5-3-7-24(19-22)28-13-11-27(12-14-28)17-18-32-21-23-6-4-8-25(20-23)33(30,31)29-15-9-26(2)10-16-29/h3-8,19-20H,9-18,21H2,1-2H3. The highest BCUT2D eigenvalue weighted by molar-refractivity contribution is 7.89. The molecular formula is C25H36N4O3S. The molecule has 0 amide bonds. The molecule has 4 rings (SSSR count). The Kier molecular flexibility index (Phi) is 8.03. The van der Waals surface area contributed by atoms with Gasteiger partial charge < -0.3 is 14.5 Å². The van der Waals surface area contributed by atoms with Crippen molar-refractivity contribution in [2.45, 2.75) is 18.4 Å². The van der Waals surface area contributed by atoms with Gasteiger partial charge in [0.1, 0.15) is 0 Å². The van der Waals surface area contributed by atoms with Crippen LogP contribution >= 0.6 is 0 Å². The van der Waals surface area contributed by atoms with Crippen LogP contribution in [0.2, 0.25) is 0 Å². The van der Waals surface area contributed by atoms with Crippen LogP contribution in [0.4, 0.5) is 5.69 Å². The van der Waals surface area contributed by atoms with E-state index in [1.165, 1.54) is 11.3 Å². The molecule has 2 aliphatic heterocycles. The normalized spacial score (nSPS) is 19.2. The first-order valence-electron chi connectivity index (χ1n) is 11.8. The molecular weight excluding hydrogens is 436 g/mol. The Bertz CT molecular complexity index is 1010. The van der Waals surface area contributed by atoms with Crippen molar-refractivity contribution in [2.24, 2.45) is 0 Å². The lowest BCUT2D eigenvalue weighted by Gasteiger charge is -2.36. The van der Waals surface area contributed by atoms with Gasteiger partial charge in [-0.05, 0) is 49.4 Å². The van der Waals surface area contributed by atoms with Crippen LogP contribution in [0.1, 0.15) is 11.1 Å². The lowest BCUT2D eigenvalue weighted by molar-refractivity contribution is 0.0906. The van der Waals surface area contributed by atoms with Crippen LogP contribution in [0, 0.1) is 6.92 Å². The molecule has 0 unspecified atom stereocenters. The SMILES string of the molecule is Cc1cccc(N2CCN(CCOCc3cccc(S(=O)(=O)N4CCN(C)CC4)c3)CC2)c1. The third-order valence-corrected chi connectivity index (χ3v) is 8.45. The van der Waals surface area contributed by atoms with Crippen LogP contribution < -0.4 is 4.90 Å². The molecule has 180 valence electrons. The predicted molar refractivity (Wildman–Crippen MR) is 132 cm³/mol. The van der Waals surface area contributed by atoms with Gasteiger partial charge in [0.2, 0.25) is 10.0 Å². The summed E-state index contributed by atoms with van der Waals surface area (Å²) in [5.41, 5.74) is 3.50. The molecule has 0 bridgehead atoms. The number of anilines is 1. The van der Waals surface area contributed by atoms with Crippen molar-refractivity contribution in [1.29, 1.82) is 0 Å². The van der Waals surface area contributed by atoms with E-state index < -0.39 is 10.0 Å². The largest absolute Gasteiger partial charge is 0.375 e. The van der Waals surface area contributed by atoms with Crippen molar-refractivity contribution >= 4 is 15.7 Å². The third kappa shape index (κ3) is 6.33. The minimum Gasteiger partial charge on any atom is -0.375 e. The Hall–Kier alpha value is -1.97. The minimum atomic E-state index is -3.45. The summed E-state index contributed by atoms with van der Waals surface area (Å²) in [5, 5.41) is 0. The van der Waals surface area contributed by atoms with Gasteiger partial charge in [0.25, 0.3) is 0 Å². The van der Waals surface area contributed by atoms with E-state index >= 15 is 0 Å². The number of ether oxygens (including phenoxy) is 1. The van der Waals surface area contributed by atoms with Gasteiger partial charge in [-0.1, -0.05) is 24.3 Å². The molecule has 2 saturated heterocycles. The summed E-state index contributed by atoms with van der Waals surface area (Å²) < 4.78 is 33.5. The van der Waals surface area contributed by atoms with Crippen molar-refractivity contribution in [3.05, 3.63) is 59.7 Å². The van der Waals surface area contributed by atoms with Gasteiger partial charge in [-0.25, -0.2) is 8.42 Å². The Morgan fingerprint density at radius 3 is 2.33 bits per heavy atom. The summed E-state index contributed by atoms with van der Waals surface area (Å²) in [6.45, 7) is 10.8. The quantitative estimate of drug-likeness (QED) is 0.550. The molecule has 2 aromatic rings. The number of hydrogen-bond acceptors (Lipinski definition) is 6. The Balaban J connectivity index is 1.21. The molecule has 2 fully saturated rings. The molecule has 0 spiro atoms. The Morgan fingerprint density at radius 1 is 0.879 bits per heavy atom. The summed E-state index contributed by atoms with van der Waals surface area (Å²) in [7, 11) is -1.43. The van der Waals surface area contributed by atoms with Gasteiger partial charge in [0, 0.05) is 64.6 Å². The average Bonchev–Trinajstić information content (AvgIpc) is 2.83. The number of likely N-dealkylation sites (N-methyl/N-ethyl adjacent to an activating group) is 1. The van der Waals surface area contributed by atoms with E-state index in [9.17, 15) is 8.42 Å². The second-order valence-electron chi connectivity index (χ2n) is 9.08. The maximum Gasteiger partial charge on any atom is 0.243 e. The zero-order chi connectivity index (χ0) is 23.3. The fourth-order valence-corrected chi connectivity index (χ4v) is 5.90. The van der Waals surface area contributed by atoms with Gasteiger partial charge in [0.05, 0.1) is 18.1 Å². The number of hydrogen-bond donors (Lipinski definition) is 0. The van der Waals surface area contributed by atoms with Gasteiger partial charge in [-0.2, -0.15) is 4.31 Å². The second kappa shape index (κ2) is 11.0. The number of aryl methyl sites for hydroxylation is 1. The molecule has 0 radical (unpaired) electrons. The van der Waals surface area contributed by atoms with E-state index in [0.29, 0.717) is 31.2 Å². The maximum atomic E-state index is 13.0. The van der Waals surface area contributed by atoms with Gasteiger partial charge >= 0.3 is 0 Å². The summed E-state index contributed by atoms with van der Waals surface area (Å²) in [6.07, 6.45) is 0. The monoisotopic (exact) mass is 472 g/mol. The molecule has 0 aliphatic carbocycles. The second-order valence-corrected chi connectivity index (χ2v) is 11.0. The first-order chi connectivity index (χ1) is 15.9. The van der Waals surface area contributed by atoms with Crippen molar-refractivity contribution in [1.82, 2.24) is 14.1 Å². The molecule has 8 heteroatoms. The van der Waals surface area contributed by atoms with E-state index in [2.05, 4.69) is 45.9 Å². The summed E-state index contributed by atoms with van der Waals surface area (Å²) in [4.78, 5) is 7.39. The maximum absolute atomic E-state index is 13.0. The van der Waals surface area contributed by atoms with Crippen molar-refractivity contribution < 1.29 is 13.2 Å². The fourth-order valence-electron chi connectivity index (χ4n) is 4.41. The lowest BCUT2D eigenvalue weighted by Crippen LogP contribution is -2.47. The lowest BCUT2D eigenvalue weighted by atomic mass is 10.2. The highest BCUT2D eigenvalue weighted by atomic mass is 32.2. The molecule has 7 nitrogen and oxygen atoms in total. The van der Waals surface area contributed by atoms with E-state index in [-0.39, 0.29) is 0 Å². The number of rotatable bonds is 8. The van der Waals surface area contributed by atoms with Crippen LogP contribution in [0.25, 0.3) is 0 Å². The first kappa shape index (κ1) is 24.2. The van der Waals surface area contributed by atoms with Crippen molar-refractivity contribution in [3.63, 3.8) is 0 Å². The third-order valence-electron chi connectivity index (χ3n) is 6.56. The molecule has 0 saturated carbocycles. The smallest absolute Gasteiger partial charge is 0.243 e. The Labute approximate surface area is 198 Å². The molecule has 0 aromatic heterocycles. The van der Waals surface area contributed by atoms with E-state index in [4.69, 9.17) is 4.74 Å². The van der Waals surface area contributed by atoms with E-state index in [0.717, 1.165) is 51.4 Å². The molecule has 33 heavy (non-hydrogen) atoms. The van der Waals surface area contributed by atoms with Crippen LogP contribution in [-0.2, 0) is 21.4 Å². The zero-order valence-electron chi connectivity index (χ0n) is 19.8. The first-order valence-corrected chi connectivity index (χ1v) is 13.3. The predicted octanol–water partition coefficient (Wildman–Crippen LogP) is 2.27. The molecule has 0 atom stereocenters. The highest BCUT2D eigenvalue weighted by Crippen LogP contribution is 2.20. The summed E-state index contributed by atoms with van der Waals surface area (Å²) in [5.74, 6) is 0. The molecule has 0 N–H and O–H groups in total. The van der Waals surface area contributed by atoms with Gasteiger partial charge in [-0.3, -0.25) is 4.90 Å².